The summed E-state index contributed by atoms with van der Waals surface area (Å²) in [5.41, 5.74) is 1.10. The summed E-state index contributed by atoms with van der Waals surface area (Å²) < 4.78 is 24.6. The molecule has 0 aliphatic carbocycles. The summed E-state index contributed by atoms with van der Waals surface area (Å²) in [5, 5.41) is 8.58. The summed E-state index contributed by atoms with van der Waals surface area (Å²) in [6.07, 6.45) is 2.50. The van der Waals surface area contributed by atoms with Gasteiger partial charge in [0.15, 0.2) is 10.9 Å². The molecule has 0 atom stereocenters. The quantitative estimate of drug-likeness (QED) is 0.673. The largest absolute Gasteiger partial charge is 0.296 e. The number of benzene rings is 1. The molecule has 2 heterocycles. The lowest BCUT2D eigenvalue weighted by molar-refractivity contribution is 0.0977. The predicted octanol–water partition coefficient (Wildman–Crippen LogP) is 2.27. The van der Waals surface area contributed by atoms with Gasteiger partial charge in [-0.25, -0.2) is 18.1 Å². The van der Waals surface area contributed by atoms with E-state index in [9.17, 15) is 13.2 Å². The van der Waals surface area contributed by atoms with E-state index in [2.05, 4.69) is 15.2 Å². The molecule has 1 N–H and O–H groups in total. The van der Waals surface area contributed by atoms with Crippen molar-refractivity contribution in [3.63, 3.8) is 0 Å². The Balaban J connectivity index is 1.98. The standard InChI is InChI=1S/C17H17N5O3S2/c1-12-15(16(23)21-27(2,24)25)19-17(26-12)22(14-9-6-10-18-20-14)11-13-7-4-3-5-8-13/h3-10H,11H2,1-2H3,(H,21,23). The lowest BCUT2D eigenvalue weighted by Gasteiger charge is -2.20. The van der Waals surface area contributed by atoms with E-state index in [1.807, 2.05) is 40.0 Å². The molecule has 1 amide bonds. The molecule has 2 aromatic heterocycles. The molecule has 0 fully saturated rings. The van der Waals surface area contributed by atoms with Crippen molar-refractivity contribution in [2.24, 2.45) is 0 Å². The van der Waals surface area contributed by atoms with Gasteiger partial charge in [0.1, 0.15) is 5.69 Å². The molecule has 0 aliphatic rings. The summed E-state index contributed by atoms with van der Waals surface area (Å²) in [5.74, 6) is -0.179. The first-order valence-electron chi connectivity index (χ1n) is 7.92. The lowest BCUT2D eigenvalue weighted by Crippen LogP contribution is -2.30. The molecule has 8 nitrogen and oxygen atoms in total. The van der Waals surface area contributed by atoms with Crippen molar-refractivity contribution in [3.05, 3.63) is 64.8 Å². The Labute approximate surface area is 161 Å². The van der Waals surface area contributed by atoms with Gasteiger partial charge in [0.25, 0.3) is 5.91 Å². The van der Waals surface area contributed by atoms with Gasteiger partial charge in [0.2, 0.25) is 10.0 Å². The smallest absolute Gasteiger partial charge is 0.284 e. The monoisotopic (exact) mass is 403 g/mol. The van der Waals surface area contributed by atoms with Crippen molar-refractivity contribution >= 4 is 38.2 Å². The van der Waals surface area contributed by atoms with Gasteiger partial charge in [-0.3, -0.25) is 9.69 Å². The van der Waals surface area contributed by atoms with E-state index in [1.165, 1.54) is 11.3 Å². The van der Waals surface area contributed by atoms with E-state index < -0.39 is 15.9 Å². The van der Waals surface area contributed by atoms with Gasteiger partial charge < -0.3 is 0 Å². The minimum atomic E-state index is -3.67. The topological polar surface area (TPSA) is 105 Å². The number of aryl methyl sites for hydroxylation is 1. The van der Waals surface area contributed by atoms with Gasteiger partial charge in [-0.15, -0.1) is 16.4 Å². The van der Waals surface area contributed by atoms with Crippen LogP contribution >= 0.6 is 11.3 Å². The van der Waals surface area contributed by atoms with Gasteiger partial charge in [-0.05, 0) is 24.6 Å². The van der Waals surface area contributed by atoms with Crippen LogP contribution in [-0.4, -0.2) is 35.8 Å². The molecule has 0 radical (unpaired) electrons. The number of anilines is 2. The third-order valence-corrected chi connectivity index (χ3v) is 5.08. The second-order valence-electron chi connectivity index (χ2n) is 5.76. The Kier molecular flexibility index (Phi) is 5.47. The first kappa shape index (κ1) is 18.9. The van der Waals surface area contributed by atoms with Crippen LogP contribution in [0.2, 0.25) is 0 Å². The van der Waals surface area contributed by atoms with Gasteiger partial charge in [0.05, 0.1) is 12.8 Å². The minimum Gasteiger partial charge on any atom is -0.296 e. The van der Waals surface area contributed by atoms with Gasteiger partial charge in [0, 0.05) is 11.1 Å². The highest BCUT2D eigenvalue weighted by Crippen LogP contribution is 2.31. The molecule has 0 saturated carbocycles. The number of thiazole rings is 1. The summed E-state index contributed by atoms with van der Waals surface area (Å²) in [4.78, 5) is 19.0. The molecule has 3 aromatic rings. The van der Waals surface area contributed by atoms with Crippen LogP contribution in [0.4, 0.5) is 10.9 Å². The Hall–Kier alpha value is -2.85. The maximum Gasteiger partial charge on any atom is 0.284 e. The second-order valence-corrected chi connectivity index (χ2v) is 8.69. The van der Waals surface area contributed by atoms with Crippen molar-refractivity contribution < 1.29 is 13.2 Å². The number of hydrogen-bond acceptors (Lipinski definition) is 8. The third kappa shape index (κ3) is 4.86. The van der Waals surface area contributed by atoms with E-state index in [4.69, 9.17) is 0 Å². The highest BCUT2D eigenvalue weighted by atomic mass is 32.2. The summed E-state index contributed by atoms with van der Waals surface area (Å²) in [6, 6.07) is 13.3. The molecule has 10 heteroatoms. The average Bonchev–Trinajstić information content (AvgIpc) is 3.01. The van der Waals surface area contributed by atoms with E-state index in [0.717, 1.165) is 11.8 Å². The van der Waals surface area contributed by atoms with Crippen molar-refractivity contribution in [1.29, 1.82) is 0 Å². The maximum absolute atomic E-state index is 12.2. The number of sulfonamides is 1. The van der Waals surface area contributed by atoms with Crippen molar-refractivity contribution in [3.8, 4) is 0 Å². The SMILES string of the molecule is Cc1sc(N(Cc2ccccc2)c2cccnn2)nc1C(=O)NS(C)(=O)=O. The van der Waals surface area contributed by atoms with Gasteiger partial charge in [-0.2, -0.15) is 5.10 Å². The van der Waals surface area contributed by atoms with Crippen LogP contribution in [0, 0.1) is 6.92 Å². The van der Waals surface area contributed by atoms with Crippen LogP contribution in [-0.2, 0) is 16.6 Å². The van der Waals surface area contributed by atoms with E-state index in [-0.39, 0.29) is 5.69 Å². The molecule has 0 aliphatic heterocycles. The number of nitrogens with zero attached hydrogens (tertiary/aromatic N) is 4. The Morgan fingerprint density at radius 1 is 1.19 bits per heavy atom. The normalized spacial score (nSPS) is 11.2. The van der Waals surface area contributed by atoms with Crippen molar-refractivity contribution in [2.45, 2.75) is 13.5 Å². The average molecular weight is 403 g/mol. The first-order valence-corrected chi connectivity index (χ1v) is 10.6. The molecule has 140 valence electrons. The zero-order valence-electron chi connectivity index (χ0n) is 14.7. The van der Waals surface area contributed by atoms with E-state index in [1.54, 1.807) is 25.3 Å². The molecule has 0 unspecified atom stereocenters. The zero-order valence-corrected chi connectivity index (χ0v) is 16.3. The summed E-state index contributed by atoms with van der Waals surface area (Å²) >= 11 is 1.28. The van der Waals surface area contributed by atoms with E-state index in [0.29, 0.717) is 22.4 Å². The van der Waals surface area contributed by atoms with Gasteiger partial charge in [-0.1, -0.05) is 30.3 Å². The number of aromatic nitrogens is 3. The van der Waals surface area contributed by atoms with Crippen LogP contribution in [0.5, 0.6) is 0 Å². The highest BCUT2D eigenvalue weighted by molar-refractivity contribution is 7.89. The molecular formula is C17H17N5O3S2. The van der Waals surface area contributed by atoms with Crippen molar-refractivity contribution in [1.82, 2.24) is 19.9 Å². The number of amides is 1. The molecule has 0 bridgehead atoms. The molecule has 1 aromatic carbocycles. The lowest BCUT2D eigenvalue weighted by atomic mass is 10.2. The predicted molar refractivity (Wildman–Crippen MR) is 103 cm³/mol. The number of nitrogens with one attached hydrogen (secondary N) is 1. The Bertz CT molecular complexity index is 1040. The van der Waals surface area contributed by atoms with Crippen LogP contribution in [0.1, 0.15) is 20.9 Å². The molecule has 3 rings (SSSR count). The van der Waals surface area contributed by atoms with Crippen LogP contribution in [0.3, 0.4) is 0 Å². The fourth-order valence-corrected chi connectivity index (χ4v) is 3.72. The number of carbonyl (C=O) groups is 1. The van der Waals surface area contributed by atoms with E-state index >= 15 is 0 Å². The Morgan fingerprint density at radius 2 is 1.93 bits per heavy atom. The van der Waals surface area contributed by atoms with Crippen LogP contribution < -0.4 is 9.62 Å². The van der Waals surface area contributed by atoms with Crippen LogP contribution in [0.25, 0.3) is 0 Å². The third-order valence-electron chi connectivity index (χ3n) is 3.53. The number of rotatable bonds is 6. The highest BCUT2D eigenvalue weighted by Gasteiger charge is 2.22. The molecule has 27 heavy (non-hydrogen) atoms. The number of carbonyl (C=O) groups excluding carboxylic acids is 1. The van der Waals surface area contributed by atoms with Gasteiger partial charge >= 0.3 is 0 Å². The Morgan fingerprint density at radius 3 is 2.56 bits per heavy atom. The minimum absolute atomic E-state index is 0.0716. The van der Waals surface area contributed by atoms with Crippen LogP contribution in [0.15, 0.2) is 48.7 Å². The maximum atomic E-state index is 12.2. The first-order chi connectivity index (χ1) is 12.8. The van der Waals surface area contributed by atoms with Crippen molar-refractivity contribution in [2.75, 3.05) is 11.2 Å². The molecule has 0 spiro atoms. The second kappa shape index (κ2) is 7.80. The summed E-state index contributed by atoms with van der Waals surface area (Å²) in [6.45, 7) is 2.19. The fraction of sp³-hybridized carbons (Fsp3) is 0.176. The number of hydrogen-bond donors (Lipinski definition) is 1. The zero-order chi connectivity index (χ0) is 19.4. The molecular weight excluding hydrogens is 386 g/mol. The fourth-order valence-electron chi connectivity index (χ4n) is 2.38. The molecule has 0 saturated heterocycles. The summed E-state index contributed by atoms with van der Waals surface area (Å²) in [7, 11) is -3.67.